The molecule has 0 aromatic carbocycles. The summed E-state index contributed by atoms with van der Waals surface area (Å²) in [5, 5.41) is 0. The Bertz CT molecular complexity index is 259. The van der Waals surface area contributed by atoms with Crippen LogP contribution in [-0.4, -0.2) is 43.3 Å². The number of carbonyl (C=O) groups is 2. The standard InChI is InChI=1S/C10H17NO4/c1-10(2,3)9-11(6-12)7(5-15-9)8(13)14-4/h6-7,9H,5H2,1-4H3/t7-,9-/m0/s1. The van der Waals surface area contributed by atoms with E-state index in [1.54, 1.807) is 0 Å². The van der Waals surface area contributed by atoms with Crippen LogP contribution >= 0.6 is 0 Å². The summed E-state index contributed by atoms with van der Waals surface area (Å²) in [6.45, 7) is 6.06. The topological polar surface area (TPSA) is 55.8 Å². The Labute approximate surface area is 89.3 Å². The third-order valence-corrected chi connectivity index (χ3v) is 2.38. The molecule has 0 aromatic rings. The van der Waals surface area contributed by atoms with Crippen molar-refractivity contribution < 1.29 is 19.1 Å². The SMILES string of the molecule is COC(=O)[C@@H]1CO[C@@H](C(C)(C)C)N1C=O. The molecule has 0 aromatic heterocycles. The van der Waals surface area contributed by atoms with Gasteiger partial charge in [-0.25, -0.2) is 4.79 Å². The number of methoxy groups -OCH3 is 1. The van der Waals surface area contributed by atoms with Gasteiger partial charge in [0.15, 0.2) is 6.04 Å². The number of amides is 1. The molecular formula is C10H17NO4. The average molecular weight is 215 g/mol. The van der Waals surface area contributed by atoms with Crippen LogP contribution in [-0.2, 0) is 19.1 Å². The maximum atomic E-state index is 11.4. The molecule has 1 fully saturated rings. The Kier molecular flexibility index (Phi) is 3.34. The van der Waals surface area contributed by atoms with E-state index in [2.05, 4.69) is 4.74 Å². The van der Waals surface area contributed by atoms with Gasteiger partial charge in [0.1, 0.15) is 6.23 Å². The molecule has 0 saturated carbocycles. The first-order valence-corrected chi connectivity index (χ1v) is 4.84. The van der Waals surface area contributed by atoms with E-state index in [0.717, 1.165) is 0 Å². The van der Waals surface area contributed by atoms with Crippen LogP contribution in [0.2, 0.25) is 0 Å². The first-order chi connectivity index (χ1) is 6.91. The molecule has 0 N–H and O–H groups in total. The fourth-order valence-corrected chi connectivity index (χ4v) is 1.67. The molecule has 1 aliphatic rings. The van der Waals surface area contributed by atoms with Gasteiger partial charge < -0.3 is 14.4 Å². The Balaban J connectivity index is 2.83. The third kappa shape index (κ3) is 2.28. The zero-order valence-corrected chi connectivity index (χ0v) is 9.52. The highest BCUT2D eigenvalue weighted by Crippen LogP contribution is 2.30. The van der Waals surface area contributed by atoms with Gasteiger partial charge in [-0.15, -0.1) is 0 Å². The Morgan fingerprint density at radius 2 is 2.13 bits per heavy atom. The van der Waals surface area contributed by atoms with Crippen molar-refractivity contribution in [1.82, 2.24) is 4.90 Å². The van der Waals surface area contributed by atoms with E-state index in [0.29, 0.717) is 6.41 Å². The van der Waals surface area contributed by atoms with Gasteiger partial charge in [-0.2, -0.15) is 0 Å². The summed E-state index contributed by atoms with van der Waals surface area (Å²) in [5.74, 6) is -0.436. The molecule has 2 atom stereocenters. The van der Waals surface area contributed by atoms with E-state index < -0.39 is 12.0 Å². The van der Waals surface area contributed by atoms with Gasteiger partial charge in [0.25, 0.3) is 0 Å². The molecule has 15 heavy (non-hydrogen) atoms. The highest BCUT2D eigenvalue weighted by atomic mass is 16.5. The summed E-state index contributed by atoms with van der Waals surface area (Å²) >= 11 is 0. The van der Waals surface area contributed by atoms with Gasteiger partial charge in [-0.05, 0) is 0 Å². The van der Waals surface area contributed by atoms with Crippen LogP contribution in [0.1, 0.15) is 20.8 Å². The average Bonchev–Trinajstić information content (AvgIpc) is 2.59. The highest BCUT2D eigenvalue weighted by molar-refractivity contribution is 5.78. The largest absolute Gasteiger partial charge is 0.467 e. The molecule has 1 rings (SSSR count). The van der Waals surface area contributed by atoms with Crippen molar-refractivity contribution in [3.05, 3.63) is 0 Å². The van der Waals surface area contributed by atoms with Crippen LogP contribution in [0.5, 0.6) is 0 Å². The van der Waals surface area contributed by atoms with Gasteiger partial charge in [-0.3, -0.25) is 4.79 Å². The number of hydrogen-bond donors (Lipinski definition) is 0. The highest BCUT2D eigenvalue weighted by Gasteiger charge is 2.44. The zero-order chi connectivity index (χ0) is 11.6. The van der Waals surface area contributed by atoms with Crippen LogP contribution in [0.4, 0.5) is 0 Å². The summed E-state index contributed by atoms with van der Waals surface area (Å²) < 4.78 is 10.1. The molecule has 86 valence electrons. The summed E-state index contributed by atoms with van der Waals surface area (Å²) in [4.78, 5) is 23.7. The maximum absolute atomic E-state index is 11.4. The maximum Gasteiger partial charge on any atom is 0.331 e. The van der Waals surface area contributed by atoms with E-state index >= 15 is 0 Å². The lowest BCUT2D eigenvalue weighted by Gasteiger charge is -2.32. The van der Waals surface area contributed by atoms with Crippen molar-refractivity contribution in [3.63, 3.8) is 0 Å². The van der Waals surface area contributed by atoms with Crippen molar-refractivity contribution in [2.24, 2.45) is 5.41 Å². The van der Waals surface area contributed by atoms with Gasteiger partial charge in [0.05, 0.1) is 13.7 Å². The molecule has 0 spiro atoms. The minimum absolute atomic E-state index is 0.202. The summed E-state index contributed by atoms with van der Waals surface area (Å²) in [6, 6.07) is -0.614. The smallest absolute Gasteiger partial charge is 0.331 e. The van der Waals surface area contributed by atoms with Gasteiger partial charge in [0, 0.05) is 5.41 Å². The quantitative estimate of drug-likeness (QED) is 0.494. The zero-order valence-electron chi connectivity index (χ0n) is 9.52. The lowest BCUT2D eigenvalue weighted by molar-refractivity contribution is -0.150. The van der Waals surface area contributed by atoms with Crippen molar-refractivity contribution in [3.8, 4) is 0 Å². The molecule has 0 aliphatic carbocycles. The fraction of sp³-hybridized carbons (Fsp3) is 0.800. The van der Waals surface area contributed by atoms with Crippen LogP contribution in [0, 0.1) is 5.41 Å². The Morgan fingerprint density at radius 3 is 2.53 bits per heavy atom. The van der Waals surface area contributed by atoms with E-state index in [1.807, 2.05) is 20.8 Å². The number of esters is 1. The number of nitrogens with zero attached hydrogens (tertiary/aromatic N) is 1. The first kappa shape index (κ1) is 12.0. The van der Waals surface area contributed by atoms with Gasteiger partial charge in [0.2, 0.25) is 6.41 Å². The van der Waals surface area contributed by atoms with E-state index in [-0.39, 0.29) is 18.2 Å². The predicted molar refractivity (Wildman–Crippen MR) is 52.9 cm³/mol. The molecule has 1 amide bonds. The second-order valence-electron chi connectivity index (χ2n) is 4.64. The molecule has 0 bridgehead atoms. The van der Waals surface area contributed by atoms with Crippen LogP contribution in [0.15, 0.2) is 0 Å². The van der Waals surface area contributed by atoms with E-state index in [1.165, 1.54) is 12.0 Å². The van der Waals surface area contributed by atoms with Crippen LogP contribution < -0.4 is 0 Å². The molecule has 5 heteroatoms. The van der Waals surface area contributed by atoms with Gasteiger partial charge >= 0.3 is 5.97 Å². The molecular weight excluding hydrogens is 198 g/mol. The number of carbonyl (C=O) groups excluding carboxylic acids is 2. The van der Waals surface area contributed by atoms with Crippen LogP contribution in [0.25, 0.3) is 0 Å². The number of rotatable bonds is 2. The van der Waals surface area contributed by atoms with Crippen molar-refractivity contribution in [2.75, 3.05) is 13.7 Å². The predicted octanol–water partition coefficient (Wildman–Crippen LogP) is 0.389. The number of hydrogen-bond acceptors (Lipinski definition) is 4. The minimum atomic E-state index is -0.614. The fourth-order valence-electron chi connectivity index (χ4n) is 1.67. The first-order valence-electron chi connectivity index (χ1n) is 4.84. The van der Waals surface area contributed by atoms with Crippen molar-refractivity contribution in [2.45, 2.75) is 33.0 Å². The van der Waals surface area contributed by atoms with E-state index in [4.69, 9.17) is 4.74 Å². The molecule has 0 unspecified atom stereocenters. The second-order valence-corrected chi connectivity index (χ2v) is 4.64. The normalized spacial score (nSPS) is 26.5. The molecule has 5 nitrogen and oxygen atoms in total. The lowest BCUT2D eigenvalue weighted by atomic mass is 9.93. The van der Waals surface area contributed by atoms with Crippen molar-refractivity contribution >= 4 is 12.4 Å². The summed E-state index contributed by atoms with van der Waals surface area (Å²) in [5.41, 5.74) is -0.219. The monoisotopic (exact) mass is 215 g/mol. The number of ether oxygens (including phenoxy) is 2. The van der Waals surface area contributed by atoms with Gasteiger partial charge in [-0.1, -0.05) is 20.8 Å². The molecule has 1 saturated heterocycles. The van der Waals surface area contributed by atoms with Crippen molar-refractivity contribution in [1.29, 1.82) is 0 Å². The Morgan fingerprint density at radius 1 is 1.53 bits per heavy atom. The summed E-state index contributed by atoms with van der Waals surface area (Å²) in [6.07, 6.45) is 0.268. The summed E-state index contributed by atoms with van der Waals surface area (Å²) in [7, 11) is 1.30. The molecule has 0 radical (unpaired) electrons. The van der Waals surface area contributed by atoms with E-state index in [9.17, 15) is 9.59 Å². The lowest BCUT2D eigenvalue weighted by Crippen LogP contribution is -2.46. The molecule has 1 aliphatic heterocycles. The second kappa shape index (κ2) is 4.18. The Hall–Kier alpha value is -1.10. The van der Waals surface area contributed by atoms with Crippen LogP contribution in [0.3, 0.4) is 0 Å². The minimum Gasteiger partial charge on any atom is -0.467 e. The third-order valence-electron chi connectivity index (χ3n) is 2.38. The molecule has 1 heterocycles.